The van der Waals surface area contributed by atoms with Crippen LogP contribution in [-0.4, -0.2) is 150 Å². The van der Waals surface area contributed by atoms with E-state index in [0.29, 0.717) is 97.4 Å². The van der Waals surface area contributed by atoms with E-state index in [1.54, 1.807) is 26.9 Å². The van der Waals surface area contributed by atoms with Crippen molar-refractivity contribution >= 4 is 52.0 Å². The van der Waals surface area contributed by atoms with Gasteiger partial charge >= 0.3 is 6.09 Å². The summed E-state index contributed by atoms with van der Waals surface area (Å²) >= 11 is 0. The van der Waals surface area contributed by atoms with Crippen LogP contribution in [0.25, 0.3) is 33.8 Å². The van der Waals surface area contributed by atoms with Gasteiger partial charge in [-0.15, -0.1) is 0 Å². The first-order chi connectivity index (χ1) is 33.9. The normalized spacial score (nSPS) is 19.8. The number of anilines is 3. The first-order valence-corrected chi connectivity index (χ1v) is 24.2. The smallest absolute Gasteiger partial charge is 0.410 e. The molecule has 4 aliphatic heterocycles. The Kier molecular flexibility index (Phi) is 12.5. The van der Waals surface area contributed by atoms with Crippen LogP contribution in [-0.2, 0) is 24.7 Å². The number of nitrogens with one attached hydrogen (secondary N) is 2. The van der Waals surface area contributed by atoms with Crippen LogP contribution in [0.5, 0.6) is 5.75 Å². The quantitative estimate of drug-likeness (QED) is 0.144. The van der Waals surface area contributed by atoms with Crippen LogP contribution in [0.3, 0.4) is 0 Å². The zero-order chi connectivity index (χ0) is 49.9. The fraction of sp³-hybridized carbons (Fsp3) is 0.542. The molecule has 71 heavy (non-hydrogen) atoms. The van der Waals surface area contributed by atoms with E-state index in [9.17, 15) is 19.2 Å². The Labute approximate surface area is 407 Å². The number of nitrogen functional groups attached to an aromatic ring is 1. The summed E-state index contributed by atoms with van der Waals surface area (Å²) < 4.78 is 50.0. The molecule has 5 aliphatic rings. The van der Waals surface area contributed by atoms with E-state index in [-0.39, 0.29) is 85.0 Å². The molecule has 21 nitrogen and oxygen atoms in total. The van der Waals surface area contributed by atoms with Crippen molar-refractivity contribution in [2.45, 2.75) is 102 Å². The number of aromatic nitrogens is 7. The minimum atomic E-state index is -0.753. The average molecular weight is 981 g/mol. The zero-order valence-electron chi connectivity index (χ0n) is 40.4. The van der Waals surface area contributed by atoms with Crippen LogP contribution in [0.4, 0.5) is 30.8 Å². The number of hydrogen-bond donors (Lipinski definition) is 3. The number of carbonyl (C=O) groups excluding carboxylic acids is 4. The lowest BCUT2D eigenvalue weighted by atomic mass is 9.78. The summed E-state index contributed by atoms with van der Waals surface area (Å²) in [5.74, 6) is -0.440. The van der Waals surface area contributed by atoms with Gasteiger partial charge in [0.15, 0.2) is 41.2 Å². The van der Waals surface area contributed by atoms with Crippen LogP contribution in [0.15, 0.2) is 35.4 Å². The molecule has 0 unspecified atom stereocenters. The number of fused-ring (bicyclic) bond motifs is 1. The predicted octanol–water partition coefficient (Wildman–Crippen LogP) is 4.69. The molecule has 0 radical (unpaired) electrons. The largest absolute Gasteiger partial charge is 0.483 e. The Morgan fingerprint density at radius 2 is 1.58 bits per heavy atom. The molecule has 4 aromatic heterocycles. The van der Waals surface area contributed by atoms with Gasteiger partial charge < -0.3 is 39.7 Å². The van der Waals surface area contributed by atoms with Gasteiger partial charge in [0.1, 0.15) is 41.4 Å². The van der Waals surface area contributed by atoms with Crippen molar-refractivity contribution in [1.82, 2.24) is 54.9 Å². The number of nitrogens with two attached hydrogens (primary N) is 1. The summed E-state index contributed by atoms with van der Waals surface area (Å²) in [7, 11) is 0. The van der Waals surface area contributed by atoms with Crippen molar-refractivity contribution in [3.63, 3.8) is 0 Å². The molecule has 0 bridgehead atoms. The second-order valence-electron chi connectivity index (χ2n) is 20.6. The van der Waals surface area contributed by atoms with Gasteiger partial charge in [-0.05, 0) is 84.8 Å². The van der Waals surface area contributed by atoms with E-state index in [0.717, 1.165) is 12.8 Å². The van der Waals surface area contributed by atoms with Crippen LogP contribution >= 0.6 is 0 Å². The van der Waals surface area contributed by atoms with Crippen LogP contribution < -0.4 is 26.0 Å². The predicted molar refractivity (Wildman–Crippen MR) is 254 cm³/mol. The molecule has 5 aromatic rings. The third kappa shape index (κ3) is 9.50. The van der Waals surface area contributed by atoms with Gasteiger partial charge in [-0.2, -0.15) is 5.10 Å². The summed E-state index contributed by atoms with van der Waals surface area (Å²) in [4.78, 5) is 75.1. The minimum absolute atomic E-state index is 0.0943. The van der Waals surface area contributed by atoms with E-state index in [4.69, 9.17) is 24.8 Å². The molecule has 10 rings (SSSR count). The molecule has 1 aliphatic carbocycles. The monoisotopic (exact) mass is 980 g/mol. The molecule has 4 N–H and O–H groups in total. The van der Waals surface area contributed by atoms with Gasteiger partial charge in [-0.25, -0.2) is 38.2 Å². The molecule has 23 heteroatoms. The van der Waals surface area contributed by atoms with Gasteiger partial charge in [0, 0.05) is 62.8 Å². The second kappa shape index (κ2) is 18.6. The molecular formula is C48H58F2N14O7. The highest BCUT2D eigenvalue weighted by molar-refractivity contribution is 6.02. The number of amides is 4. The number of rotatable bonds is 12. The maximum absolute atomic E-state index is 15.4. The number of ether oxygens (including phenoxy) is 2. The zero-order valence-corrected chi connectivity index (χ0v) is 40.4. The van der Waals surface area contributed by atoms with E-state index < -0.39 is 35.2 Å². The molecule has 1 aromatic carbocycles. The maximum atomic E-state index is 15.4. The van der Waals surface area contributed by atoms with Crippen molar-refractivity contribution in [3.05, 3.63) is 48.2 Å². The fourth-order valence-corrected chi connectivity index (χ4v) is 10.2. The van der Waals surface area contributed by atoms with Crippen molar-refractivity contribution in [1.29, 1.82) is 0 Å². The third-order valence-electron chi connectivity index (χ3n) is 14.5. The minimum Gasteiger partial charge on any atom is -0.483 e. The highest BCUT2D eigenvalue weighted by Gasteiger charge is 2.41. The topological polar surface area (TPSA) is 245 Å². The Morgan fingerprint density at radius 1 is 0.887 bits per heavy atom. The average Bonchev–Trinajstić information content (AvgIpc) is 3.94. The summed E-state index contributed by atoms with van der Waals surface area (Å²) in [5.41, 5.74) is 7.88. The molecule has 4 saturated heterocycles. The van der Waals surface area contributed by atoms with Crippen molar-refractivity contribution < 1.29 is 42.0 Å². The van der Waals surface area contributed by atoms with E-state index >= 15 is 8.78 Å². The Morgan fingerprint density at radius 3 is 2.23 bits per heavy atom. The number of carbonyl (C=O) groups is 4. The third-order valence-corrected chi connectivity index (χ3v) is 14.5. The number of imide groups is 1. The maximum Gasteiger partial charge on any atom is 0.410 e. The number of nitrogens with zero attached hydrogens (tertiary/aromatic N) is 11. The Balaban J connectivity index is 0.671. The van der Waals surface area contributed by atoms with Gasteiger partial charge in [0.2, 0.25) is 11.8 Å². The number of benzene rings is 1. The first kappa shape index (κ1) is 47.6. The summed E-state index contributed by atoms with van der Waals surface area (Å²) in [6.07, 6.45) is 7.34. The van der Waals surface area contributed by atoms with Crippen molar-refractivity contribution in [2.75, 3.05) is 74.9 Å². The van der Waals surface area contributed by atoms with Crippen molar-refractivity contribution in [3.8, 4) is 28.5 Å². The van der Waals surface area contributed by atoms with Crippen LogP contribution in [0, 0.1) is 17.6 Å². The molecule has 376 valence electrons. The highest BCUT2D eigenvalue weighted by atomic mass is 19.1. The lowest BCUT2D eigenvalue weighted by molar-refractivity contribution is -0.138. The van der Waals surface area contributed by atoms with Crippen LogP contribution in [0.1, 0.15) is 84.8 Å². The molecule has 1 atom stereocenters. The van der Waals surface area contributed by atoms with Crippen LogP contribution in [0.2, 0.25) is 0 Å². The number of halogens is 2. The molecule has 5 fully saturated rings. The van der Waals surface area contributed by atoms with Gasteiger partial charge in [0.05, 0.1) is 42.0 Å². The fourth-order valence-electron chi connectivity index (χ4n) is 10.2. The number of piperazine rings is 1. The molecule has 0 spiro atoms. The molecular weight excluding hydrogens is 923 g/mol. The second-order valence-corrected chi connectivity index (χ2v) is 20.6. The summed E-state index contributed by atoms with van der Waals surface area (Å²) in [6, 6.07) is 1.63. The highest BCUT2D eigenvalue weighted by Crippen LogP contribution is 2.48. The molecule has 8 heterocycles. The van der Waals surface area contributed by atoms with E-state index in [1.807, 2.05) is 20.8 Å². The number of likely N-dealkylation sites (tertiary alicyclic amines) is 1. The Hall–Kier alpha value is -7.04. The lowest BCUT2D eigenvalue weighted by Gasteiger charge is -2.50. The lowest BCUT2D eigenvalue weighted by Crippen LogP contribution is -2.60. The number of piperidine rings is 2. The number of hydrogen-bond acceptors (Lipinski definition) is 17. The first-order valence-electron chi connectivity index (χ1n) is 24.2. The van der Waals surface area contributed by atoms with Crippen molar-refractivity contribution in [2.24, 2.45) is 5.92 Å². The summed E-state index contributed by atoms with van der Waals surface area (Å²) in [6.45, 7) is 13.7. The summed E-state index contributed by atoms with van der Waals surface area (Å²) in [5, 5.41) is 15.0. The van der Waals surface area contributed by atoms with Gasteiger partial charge in [0.25, 0.3) is 5.91 Å². The van der Waals surface area contributed by atoms with E-state index in [1.165, 1.54) is 23.4 Å². The van der Waals surface area contributed by atoms with Gasteiger partial charge in [-0.1, -0.05) is 5.16 Å². The Bertz CT molecular complexity index is 2840. The molecule has 1 saturated carbocycles. The van der Waals surface area contributed by atoms with E-state index in [2.05, 4.69) is 54.5 Å². The molecule has 4 amide bonds. The standard InChI is InChI=1S/C48H58F2N14O7/c1-47(2,3)64-44-37(42(51)54-25-55-44)38(58-64)39-36(41(71-59-39)26-6-7-26)43-52-20-29(21-53-43)70-30-22-62(23-30)46(68)69-24-35(66)60-14-16-63(17-15-60)48(4,5)27-10-12-61(13-11-27)40-31(49)18-28(19-32(40)50)56-33-8-9-34(65)57-45(33)67/h18-21,25-27,30,33,56H,6-17,22-24H2,1-5H3,(H2,51,54,55)(H,57,65,67)/t33-/m0/s1. The SMILES string of the molecule is CC(C)(C1CCN(c2c(F)cc(N[C@H]3CCC(=O)NC3=O)cc2F)CC1)N1CCN(C(=O)COC(=O)N2CC(Oc3cnc(-c4c(-c5nn(C(C)(C)C)c6ncnc(N)c56)noc4C4CC4)nc3)C2)CC1. The van der Waals surface area contributed by atoms with Gasteiger partial charge in [-0.3, -0.25) is 24.6 Å².